The predicted octanol–water partition coefficient (Wildman–Crippen LogP) is 4.44. The van der Waals surface area contributed by atoms with Gasteiger partial charge >= 0.3 is 0 Å². The number of carbonyl (C=O) groups is 2. The van der Waals surface area contributed by atoms with Crippen molar-refractivity contribution >= 4 is 34.1 Å². The summed E-state index contributed by atoms with van der Waals surface area (Å²) in [5.41, 5.74) is 2.94. The quantitative estimate of drug-likeness (QED) is 0.310. The number of nitrogens with one attached hydrogen (secondary N) is 2. The van der Waals surface area contributed by atoms with Gasteiger partial charge in [-0.1, -0.05) is 47.7 Å². The maximum absolute atomic E-state index is 12.1. The first-order valence-electron chi connectivity index (χ1n) is 13.8. The second-order valence-electron chi connectivity index (χ2n) is 10.1. The van der Waals surface area contributed by atoms with Crippen molar-refractivity contribution in [3.8, 4) is 34.1 Å². The number of thiazole rings is 1. The molecule has 43 heavy (non-hydrogen) atoms. The van der Waals surface area contributed by atoms with Crippen molar-refractivity contribution in [2.24, 2.45) is 11.8 Å². The van der Waals surface area contributed by atoms with Crippen LogP contribution in [-0.2, 0) is 9.59 Å². The third-order valence-corrected chi connectivity index (χ3v) is 8.11. The van der Waals surface area contributed by atoms with Crippen LogP contribution in [0.4, 0.5) is 10.9 Å². The highest BCUT2D eigenvalue weighted by molar-refractivity contribution is 7.19. The molecule has 3 aromatic heterocycles. The first-order valence-corrected chi connectivity index (χ1v) is 14.6. The van der Waals surface area contributed by atoms with Gasteiger partial charge in [0.15, 0.2) is 17.5 Å². The van der Waals surface area contributed by atoms with E-state index in [1.54, 1.807) is 34.5 Å². The number of hydrogen-bond acceptors (Lipinski definition) is 10. The molecule has 2 amide bonds. The number of carbonyl (C=O) groups excluding carboxylic acids is 2. The monoisotopic (exact) mass is 591 g/mol. The van der Waals surface area contributed by atoms with Crippen LogP contribution in [0.15, 0.2) is 79.3 Å². The molecule has 0 aliphatic carbocycles. The SMILES string of the molecule is N#CN1CC[C@@H](C(=O)Nc2ccc(-c3ccccc3)cn2)C1.N#CN1CC[C@H](C(=O)Nc2ncc(-c3ccccn3)s2)C1. The van der Waals surface area contributed by atoms with Crippen LogP contribution in [0, 0.1) is 34.7 Å². The number of anilines is 2. The predicted molar refractivity (Wildman–Crippen MR) is 163 cm³/mol. The zero-order chi connectivity index (χ0) is 30.0. The lowest BCUT2D eigenvalue weighted by atomic mass is 10.1. The Labute approximate surface area is 253 Å². The smallest absolute Gasteiger partial charge is 0.231 e. The number of nitriles is 2. The molecule has 2 atom stereocenters. The van der Waals surface area contributed by atoms with Crippen LogP contribution in [0.25, 0.3) is 21.7 Å². The molecule has 6 rings (SSSR count). The fraction of sp³-hybridized carbons (Fsp3) is 0.258. The normalized spacial score (nSPS) is 17.3. The van der Waals surface area contributed by atoms with E-state index in [4.69, 9.17) is 10.5 Å². The van der Waals surface area contributed by atoms with Crippen LogP contribution >= 0.6 is 11.3 Å². The summed E-state index contributed by atoms with van der Waals surface area (Å²) in [5, 5.41) is 23.8. The average molecular weight is 592 g/mol. The van der Waals surface area contributed by atoms with E-state index < -0.39 is 0 Å². The Kier molecular flexibility index (Phi) is 9.52. The molecule has 216 valence electrons. The van der Waals surface area contributed by atoms with Gasteiger partial charge in [0, 0.05) is 50.3 Å². The third-order valence-electron chi connectivity index (χ3n) is 7.18. The molecule has 0 spiro atoms. The molecule has 0 bridgehead atoms. The van der Waals surface area contributed by atoms with Crippen molar-refractivity contribution < 1.29 is 9.59 Å². The van der Waals surface area contributed by atoms with Crippen molar-refractivity contribution in [1.29, 1.82) is 10.5 Å². The highest BCUT2D eigenvalue weighted by Gasteiger charge is 2.29. The zero-order valence-corrected chi connectivity index (χ0v) is 24.1. The topological polar surface area (TPSA) is 151 Å². The van der Waals surface area contributed by atoms with E-state index in [0.717, 1.165) is 21.7 Å². The number of pyridine rings is 2. The van der Waals surface area contributed by atoms with Gasteiger partial charge in [0.1, 0.15) is 5.82 Å². The average Bonchev–Trinajstić information content (AvgIpc) is 3.84. The maximum atomic E-state index is 12.1. The summed E-state index contributed by atoms with van der Waals surface area (Å²) in [6.45, 7) is 2.27. The summed E-state index contributed by atoms with van der Waals surface area (Å²) < 4.78 is 0. The maximum Gasteiger partial charge on any atom is 0.231 e. The largest absolute Gasteiger partial charge is 0.310 e. The van der Waals surface area contributed by atoms with Crippen molar-refractivity contribution in [2.45, 2.75) is 12.8 Å². The fourth-order valence-electron chi connectivity index (χ4n) is 4.79. The van der Waals surface area contributed by atoms with Crippen molar-refractivity contribution in [3.63, 3.8) is 0 Å². The zero-order valence-electron chi connectivity index (χ0n) is 23.3. The van der Waals surface area contributed by atoms with Crippen LogP contribution in [0.3, 0.4) is 0 Å². The van der Waals surface area contributed by atoms with Gasteiger partial charge in [-0.05, 0) is 42.7 Å². The van der Waals surface area contributed by atoms with E-state index in [1.165, 1.54) is 11.3 Å². The molecule has 0 unspecified atom stereocenters. The molecule has 2 N–H and O–H groups in total. The molecule has 2 fully saturated rings. The standard InChI is InChI=1S/C17H16N4O.C14H13N5OS/c18-12-21-9-8-15(11-21)17(22)20-16-7-6-14(10-19-16)13-4-2-1-3-5-13;15-9-19-6-4-10(8-19)13(20)18-14-17-7-12(21-14)11-3-1-2-5-16-11/h1-7,10,15H,8-9,11H2,(H,19,20,22);1-3,5,7,10H,4,6,8H2,(H,17,18,20)/t15-;10-/m10/s1. The van der Waals surface area contributed by atoms with Crippen LogP contribution in [0.5, 0.6) is 0 Å². The minimum Gasteiger partial charge on any atom is -0.310 e. The molecular weight excluding hydrogens is 562 g/mol. The number of aromatic nitrogens is 3. The van der Waals surface area contributed by atoms with Gasteiger partial charge in [-0.3, -0.25) is 14.6 Å². The van der Waals surface area contributed by atoms with E-state index in [1.807, 2.05) is 54.6 Å². The second-order valence-corrected chi connectivity index (χ2v) is 11.1. The number of hydrogen-bond donors (Lipinski definition) is 2. The first kappa shape index (κ1) is 29.2. The van der Waals surface area contributed by atoms with Crippen LogP contribution in [0.1, 0.15) is 12.8 Å². The molecule has 1 aromatic carbocycles. The van der Waals surface area contributed by atoms with Crippen LogP contribution in [-0.4, -0.2) is 62.7 Å². The summed E-state index contributed by atoms with van der Waals surface area (Å²) in [6.07, 6.45) is 10.7. The molecule has 2 aliphatic heterocycles. The Morgan fingerprint density at radius 1 is 0.767 bits per heavy atom. The molecule has 0 radical (unpaired) electrons. The molecule has 2 aliphatic rings. The molecule has 0 saturated carbocycles. The number of benzene rings is 1. The molecule has 4 aromatic rings. The van der Waals surface area contributed by atoms with Crippen molar-refractivity contribution in [1.82, 2.24) is 24.8 Å². The summed E-state index contributed by atoms with van der Waals surface area (Å²) in [5.74, 6) is 0.106. The van der Waals surface area contributed by atoms with Crippen LogP contribution in [0.2, 0.25) is 0 Å². The van der Waals surface area contributed by atoms with Gasteiger partial charge in [0.2, 0.25) is 11.8 Å². The summed E-state index contributed by atoms with van der Waals surface area (Å²) in [7, 11) is 0. The van der Waals surface area contributed by atoms with E-state index >= 15 is 0 Å². The minimum atomic E-state index is -0.146. The lowest BCUT2D eigenvalue weighted by Crippen LogP contribution is -2.25. The van der Waals surface area contributed by atoms with E-state index in [0.29, 0.717) is 50.0 Å². The number of rotatable bonds is 6. The minimum absolute atomic E-state index is 0.0716. The van der Waals surface area contributed by atoms with Gasteiger partial charge < -0.3 is 20.4 Å². The first-order chi connectivity index (χ1) is 21.0. The number of nitrogens with zero attached hydrogens (tertiary/aromatic N) is 7. The summed E-state index contributed by atoms with van der Waals surface area (Å²) >= 11 is 1.40. The number of amides is 2. The van der Waals surface area contributed by atoms with Crippen molar-refractivity contribution in [2.75, 3.05) is 36.8 Å². The molecule has 2 saturated heterocycles. The fourth-order valence-corrected chi connectivity index (χ4v) is 5.59. The Morgan fingerprint density at radius 3 is 2.02 bits per heavy atom. The van der Waals surface area contributed by atoms with E-state index in [9.17, 15) is 9.59 Å². The molecular formula is C31H29N9O2S. The highest BCUT2D eigenvalue weighted by atomic mass is 32.1. The highest BCUT2D eigenvalue weighted by Crippen LogP contribution is 2.28. The lowest BCUT2D eigenvalue weighted by molar-refractivity contribution is -0.120. The lowest BCUT2D eigenvalue weighted by Gasteiger charge is -2.10. The summed E-state index contributed by atoms with van der Waals surface area (Å²) in [4.78, 5) is 41.2. The second kappa shape index (κ2) is 14.0. The molecule has 12 heteroatoms. The van der Waals surface area contributed by atoms with Gasteiger partial charge in [-0.2, -0.15) is 10.5 Å². The summed E-state index contributed by atoms with van der Waals surface area (Å²) in [6, 6.07) is 19.4. The Morgan fingerprint density at radius 2 is 1.44 bits per heavy atom. The Bertz CT molecular complexity index is 1610. The van der Waals surface area contributed by atoms with E-state index in [2.05, 4.69) is 38.0 Å². The van der Waals surface area contributed by atoms with Crippen LogP contribution < -0.4 is 10.6 Å². The van der Waals surface area contributed by atoms with E-state index in [-0.39, 0.29) is 23.7 Å². The van der Waals surface area contributed by atoms with Gasteiger partial charge in [0.25, 0.3) is 0 Å². The molecule has 5 heterocycles. The van der Waals surface area contributed by atoms with Crippen molar-refractivity contribution in [3.05, 3.63) is 79.3 Å². The van der Waals surface area contributed by atoms with Gasteiger partial charge in [0.05, 0.1) is 22.4 Å². The molecule has 11 nitrogen and oxygen atoms in total. The van der Waals surface area contributed by atoms with Gasteiger partial charge in [-0.15, -0.1) is 0 Å². The third kappa shape index (κ3) is 7.70. The Balaban J connectivity index is 0.000000171. The number of likely N-dealkylation sites (tertiary alicyclic amines) is 2. The Hall–Kier alpha value is -5.33. The van der Waals surface area contributed by atoms with Gasteiger partial charge in [-0.25, -0.2) is 9.97 Å².